The number of hydrogen-bond donors (Lipinski definition) is 1. The third-order valence-corrected chi connectivity index (χ3v) is 7.26. The molecule has 1 unspecified atom stereocenters. The molecule has 1 saturated heterocycles. The molecule has 6 rings (SSSR count). The number of fused-ring (bicyclic) bond motifs is 5. The maximum atomic E-state index is 3.50. The number of rotatable bonds is 1. The van der Waals surface area contributed by atoms with Gasteiger partial charge in [0.05, 0.1) is 0 Å². The number of nitrogens with zero attached hydrogens (tertiary/aromatic N) is 1. The standard InChI is InChI=1S/C22H24N2.C5H6S/c1-2-6-18-16(4-1)8-11-20-19(18)10-9-17-5-3-7-21(22(17)20)24-14-12-23-13-15-24;1-2-4-6-5-3-1/h1-2,4,6,8-11,21,23H,3,5,7,12-15H2;1-4H,5H2. The van der Waals surface area contributed by atoms with Crippen LogP contribution in [-0.2, 0) is 6.42 Å². The molecule has 1 N–H and O–H groups in total. The highest BCUT2D eigenvalue weighted by Gasteiger charge is 2.28. The molecule has 0 spiro atoms. The van der Waals surface area contributed by atoms with Crippen LogP contribution in [0.2, 0.25) is 0 Å². The van der Waals surface area contributed by atoms with Crippen LogP contribution in [0.3, 0.4) is 0 Å². The quantitative estimate of drug-likeness (QED) is 0.486. The Morgan fingerprint density at radius 2 is 1.73 bits per heavy atom. The number of benzene rings is 3. The Kier molecular flexibility index (Phi) is 6.21. The molecule has 0 bridgehead atoms. The van der Waals surface area contributed by atoms with Gasteiger partial charge >= 0.3 is 0 Å². The Morgan fingerprint density at radius 3 is 2.50 bits per heavy atom. The van der Waals surface area contributed by atoms with Crippen LogP contribution in [0.15, 0.2) is 72.2 Å². The van der Waals surface area contributed by atoms with Gasteiger partial charge in [0, 0.05) is 38.0 Å². The summed E-state index contributed by atoms with van der Waals surface area (Å²) in [4.78, 5) is 2.71. The van der Waals surface area contributed by atoms with E-state index in [9.17, 15) is 0 Å². The van der Waals surface area contributed by atoms with E-state index in [4.69, 9.17) is 0 Å². The molecule has 30 heavy (non-hydrogen) atoms. The SMILES string of the molecule is C1=CCSC=C1.c1ccc2c(c1)ccc1c3c(ccc12)CCCC3N1CCNCC1. The Hall–Kier alpha value is -2.07. The Labute approximate surface area is 184 Å². The van der Waals surface area contributed by atoms with Crippen LogP contribution in [0, 0.1) is 0 Å². The highest BCUT2D eigenvalue weighted by Crippen LogP contribution is 2.40. The molecule has 3 aromatic carbocycles. The second-order valence-electron chi connectivity index (χ2n) is 8.30. The van der Waals surface area contributed by atoms with Gasteiger partial charge in [-0.2, -0.15) is 0 Å². The van der Waals surface area contributed by atoms with Crippen molar-refractivity contribution in [1.82, 2.24) is 10.2 Å². The Balaban J connectivity index is 0.000000279. The third-order valence-electron chi connectivity index (χ3n) is 6.52. The summed E-state index contributed by atoms with van der Waals surface area (Å²) in [6, 6.07) is 18.8. The van der Waals surface area contributed by atoms with Crippen LogP contribution >= 0.6 is 11.8 Å². The predicted octanol–water partition coefficient (Wildman–Crippen LogP) is 6.08. The summed E-state index contributed by atoms with van der Waals surface area (Å²) in [7, 11) is 0. The first-order chi connectivity index (χ1) is 14.9. The summed E-state index contributed by atoms with van der Waals surface area (Å²) in [5.41, 5.74) is 3.19. The van der Waals surface area contributed by atoms with Crippen LogP contribution in [0.1, 0.15) is 30.0 Å². The zero-order valence-electron chi connectivity index (χ0n) is 17.5. The van der Waals surface area contributed by atoms with Crippen molar-refractivity contribution in [3.05, 3.63) is 83.3 Å². The lowest BCUT2D eigenvalue weighted by Crippen LogP contribution is -2.45. The van der Waals surface area contributed by atoms with Crippen molar-refractivity contribution in [1.29, 1.82) is 0 Å². The molecule has 154 valence electrons. The first-order valence-corrected chi connectivity index (χ1v) is 12.3. The molecular weight excluding hydrogens is 384 g/mol. The smallest absolute Gasteiger partial charge is 0.0358 e. The summed E-state index contributed by atoms with van der Waals surface area (Å²) in [6.07, 6.45) is 10.1. The van der Waals surface area contributed by atoms with Crippen molar-refractivity contribution in [2.75, 3.05) is 31.9 Å². The van der Waals surface area contributed by atoms with Crippen molar-refractivity contribution in [3.8, 4) is 0 Å². The second kappa shape index (κ2) is 9.38. The largest absolute Gasteiger partial charge is 0.314 e. The summed E-state index contributed by atoms with van der Waals surface area (Å²) >= 11 is 1.83. The zero-order valence-corrected chi connectivity index (χ0v) is 18.3. The van der Waals surface area contributed by atoms with Crippen LogP contribution in [0.4, 0.5) is 0 Å². The average Bonchev–Trinajstić information content (AvgIpc) is 2.85. The molecule has 0 radical (unpaired) electrons. The monoisotopic (exact) mass is 414 g/mol. The molecule has 1 atom stereocenters. The number of thioether (sulfide) groups is 1. The molecule has 1 fully saturated rings. The number of hydrogen-bond acceptors (Lipinski definition) is 3. The van der Waals surface area contributed by atoms with E-state index in [1.54, 1.807) is 11.1 Å². The fourth-order valence-electron chi connectivity index (χ4n) is 5.10. The van der Waals surface area contributed by atoms with Crippen molar-refractivity contribution in [3.63, 3.8) is 0 Å². The second-order valence-corrected chi connectivity index (χ2v) is 9.24. The van der Waals surface area contributed by atoms with Crippen molar-refractivity contribution >= 4 is 33.3 Å². The van der Waals surface area contributed by atoms with E-state index < -0.39 is 0 Å². The first kappa shape index (κ1) is 19.9. The third kappa shape index (κ3) is 4.07. The van der Waals surface area contributed by atoms with Gasteiger partial charge in [0.15, 0.2) is 0 Å². The molecule has 0 saturated carbocycles. The lowest BCUT2D eigenvalue weighted by Gasteiger charge is -2.39. The highest BCUT2D eigenvalue weighted by atomic mass is 32.2. The lowest BCUT2D eigenvalue weighted by atomic mass is 9.82. The van der Waals surface area contributed by atoms with E-state index in [0.29, 0.717) is 6.04 Å². The van der Waals surface area contributed by atoms with Crippen LogP contribution in [0.25, 0.3) is 21.5 Å². The summed E-state index contributed by atoms with van der Waals surface area (Å²) < 4.78 is 0. The average molecular weight is 415 g/mol. The summed E-state index contributed by atoms with van der Waals surface area (Å²) in [6.45, 7) is 4.60. The van der Waals surface area contributed by atoms with Gasteiger partial charge in [-0.1, -0.05) is 66.8 Å². The highest BCUT2D eigenvalue weighted by molar-refractivity contribution is 8.02. The van der Waals surface area contributed by atoms with Gasteiger partial charge in [-0.25, -0.2) is 0 Å². The maximum absolute atomic E-state index is 3.50. The van der Waals surface area contributed by atoms with Crippen molar-refractivity contribution in [2.24, 2.45) is 0 Å². The van der Waals surface area contributed by atoms with Gasteiger partial charge in [-0.15, -0.1) is 11.8 Å². The lowest BCUT2D eigenvalue weighted by molar-refractivity contribution is 0.159. The van der Waals surface area contributed by atoms with Gasteiger partial charge in [0.1, 0.15) is 0 Å². The van der Waals surface area contributed by atoms with Crippen LogP contribution < -0.4 is 5.32 Å². The first-order valence-electron chi connectivity index (χ1n) is 11.2. The minimum atomic E-state index is 0.598. The molecule has 2 heterocycles. The topological polar surface area (TPSA) is 15.3 Å². The molecule has 2 aliphatic heterocycles. The number of piperazine rings is 1. The van der Waals surface area contributed by atoms with Gasteiger partial charge in [0.2, 0.25) is 0 Å². The predicted molar refractivity (Wildman–Crippen MR) is 132 cm³/mol. The fraction of sp³-hybridized carbons (Fsp3) is 0.333. The number of allylic oxidation sites excluding steroid dienone is 2. The van der Waals surface area contributed by atoms with Crippen LogP contribution in [-0.4, -0.2) is 36.8 Å². The fourth-order valence-corrected chi connectivity index (χ4v) is 5.64. The normalized spacial score (nSPS) is 21.3. The minimum absolute atomic E-state index is 0.598. The van der Waals surface area contributed by atoms with E-state index >= 15 is 0 Å². The minimum Gasteiger partial charge on any atom is -0.314 e. The molecule has 0 aromatic heterocycles. The van der Waals surface area contributed by atoms with E-state index in [1.807, 2.05) is 17.8 Å². The number of nitrogens with one attached hydrogen (secondary N) is 1. The molecule has 3 aromatic rings. The molecule has 3 aliphatic rings. The van der Waals surface area contributed by atoms with Gasteiger partial charge in [-0.3, -0.25) is 4.90 Å². The van der Waals surface area contributed by atoms with E-state index in [2.05, 4.69) is 76.3 Å². The molecule has 0 amide bonds. The van der Waals surface area contributed by atoms with Crippen molar-refractivity contribution < 1.29 is 0 Å². The van der Waals surface area contributed by atoms with Gasteiger partial charge < -0.3 is 5.32 Å². The maximum Gasteiger partial charge on any atom is 0.0358 e. The van der Waals surface area contributed by atoms with Crippen molar-refractivity contribution in [2.45, 2.75) is 25.3 Å². The van der Waals surface area contributed by atoms with E-state index in [0.717, 1.165) is 18.8 Å². The molecule has 1 aliphatic carbocycles. The Bertz CT molecular complexity index is 1070. The van der Waals surface area contributed by atoms with Crippen LogP contribution in [0.5, 0.6) is 0 Å². The molecule has 2 nitrogen and oxygen atoms in total. The Morgan fingerprint density at radius 1 is 0.867 bits per heavy atom. The van der Waals surface area contributed by atoms with Gasteiger partial charge in [-0.05, 0) is 57.3 Å². The van der Waals surface area contributed by atoms with E-state index in [-0.39, 0.29) is 0 Å². The summed E-state index contributed by atoms with van der Waals surface area (Å²) in [5.74, 6) is 1.15. The number of aryl methyl sites for hydroxylation is 1. The van der Waals surface area contributed by atoms with E-state index in [1.165, 1.54) is 53.9 Å². The van der Waals surface area contributed by atoms with Gasteiger partial charge in [0.25, 0.3) is 0 Å². The molecular formula is C27H30N2S. The molecule has 3 heteroatoms. The summed E-state index contributed by atoms with van der Waals surface area (Å²) in [5, 5.41) is 11.2. The zero-order chi connectivity index (χ0) is 20.2.